The van der Waals surface area contributed by atoms with Crippen molar-refractivity contribution in [1.29, 1.82) is 0 Å². The molecule has 0 amide bonds. The monoisotopic (exact) mass is 285 g/mol. The SMILES string of the molecule is CC.CC.CCC.CCC(=O)c1cc(C)c(F)cc1N. The molecule has 0 aliphatic carbocycles. The van der Waals surface area contributed by atoms with Gasteiger partial charge in [-0.05, 0) is 24.6 Å². The van der Waals surface area contributed by atoms with Gasteiger partial charge in [-0.1, -0.05) is 54.9 Å². The Morgan fingerprint density at radius 2 is 1.50 bits per heavy atom. The first-order chi connectivity index (χ1) is 9.47. The molecular formula is C17H32FNO. The van der Waals surface area contributed by atoms with E-state index in [1.165, 1.54) is 18.6 Å². The minimum Gasteiger partial charge on any atom is -0.398 e. The van der Waals surface area contributed by atoms with Crippen LogP contribution in [-0.4, -0.2) is 5.78 Å². The van der Waals surface area contributed by atoms with E-state index in [-0.39, 0.29) is 17.3 Å². The lowest BCUT2D eigenvalue weighted by Crippen LogP contribution is -2.04. The zero-order valence-electron chi connectivity index (χ0n) is 14.4. The predicted molar refractivity (Wildman–Crippen MR) is 88.8 cm³/mol. The minimum atomic E-state index is -0.370. The van der Waals surface area contributed by atoms with Crippen LogP contribution in [0.25, 0.3) is 0 Å². The maximum absolute atomic E-state index is 12.9. The number of hydrogen-bond acceptors (Lipinski definition) is 2. The van der Waals surface area contributed by atoms with E-state index in [1.807, 2.05) is 27.7 Å². The number of hydrogen-bond donors (Lipinski definition) is 1. The third-order valence-corrected chi connectivity index (χ3v) is 1.95. The van der Waals surface area contributed by atoms with Gasteiger partial charge in [-0.25, -0.2) is 4.39 Å². The molecule has 0 fully saturated rings. The molecule has 2 nitrogen and oxygen atoms in total. The number of rotatable bonds is 2. The first-order valence-electron chi connectivity index (χ1n) is 7.56. The summed E-state index contributed by atoms with van der Waals surface area (Å²) in [4.78, 5) is 11.3. The molecule has 0 atom stereocenters. The molecule has 20 heavy (non-hydrogen) atoms. The fraction of sp³-hybridized carbons (Fsp3) is 0.588. The fourth-order valence-corrected chi connectivity index (χ4v) is 1.13. The van der Waals surface area contributed by atoms with Gasteiger partial charge in [0.05, 0.1) is 0 Å². The lowest BCUT2D eigenvalue weighted by Gasteiger charge is -2.05. The number of anilines is 1. The summed E-state index contributed by atoms with van der Waals surface area (Å²) in [5.41, 5.74) is 6.59. The van der Waals surface area contributed by atoms with Crippen LogP contribution in [0.3, 0.4) is 0 Å². The van der Waals surface area contributed by atoms with Gasteiger partial charge in [0.1, 0.15) is 5.82 Å². The standard InChI is InChI=1S/C10H12FNO.C3H8.2C2H6/c1-3-10(13)7-4-6(2)8(11)5-9(7)12;1-3-2;2*1-2/h4-5H,3,12H2,1-2H3;3H2,1-2H3;2*1-2H3. The van der Waals surface area contributed by atoms with E-state index in [0.29, 0.717) is 17.5 Å². The average molecular weight is 285 g/mol. The molecular weight excluding hydrogens is 253 g/mol. The molecule has 1 aromatic carbocycles. The van der Waals surface area contributed by atoms with Gasteiger partial charge >= 0.3 is 0 Å². The number of nitrogens with two attached hydrogens (primary N) is 1. The van der Waals surface area contributed by atoms with Crippen molar-refractivity contribution in [3.8, 4) is 0 Å². The van der Waals surface area contributed by atoms with Crippen molar-refractivity contribution in [2.24, 2.45) is 0 Å². The summed E-state index contributed by atoms with van der Waals surface area (Å²) in [5, 5.41) is 0. The Morgan fingerprint density at radius 1 is 1.10 bits per heavy atom. The Bertz CT molecular complexity index is 362. The molecule has 2 N–H and O–H groups in total. The predicted octanol–water partition coefficient (Wildman–Crippen LogP) is 5.78. The van der Waals surface area contributed by atoms with Crippen LogP contribution < -0.4 is 5.73 Å². The lowest BCUT2D eigenvalue weighted by atomic mass is 10.0. The summed E-state index contributed by atoms with van der Waals surface area (Å²) < 4.78 is 12.9. The van der Waals surface area contributed by atoms with Crippen LogP contribution in [0.2, 0.25) is 0 Å². The molecule has 0 radical (unpaired) electrons. The Morgan fingerprint density at radius 3 is 1.85 bits per heavy atom. The Labute approximate surface area is 124 Å². The number of aryl methyl sites for hydroxylation is 1. The maximum Gasteiger partial charge on any atom is 0.164 e. The van der Waals surface area contributed by atoms with Crippen molar-refractivity contribution in [2.45, 2.75) is 68.2 Å². The van der Waals surface area contributed by atoms with Crippen molar-refractivity contribution in [3.05, 3.63) is 29.1 Å². The molecule has 118 valence electrons. The molecule has 0 spiro atoms. The highest BCUT2D eigenvalue weighted by Crippen LogP contribution is 2.18. The van der Waals surface area contributed by atoms with Crippen LogP contribution in [0.4, 0.5) is 10.1 Å². The molecule has 1 aromatic rings. The zero-order chi connectivity index (χ0) is 16.7. The van der Waals surface area contributed by atoms with Gasteiger partial charge < -0.3 is 5.73 Å². The number of halogens is 1. The topological polar surface area (TPSA) is 43.1 Å². The molecule has 3 heteroatoms. The van der Waals surface area contributed by atoms with Gasteiger partial charge in [0, 0.05) is 17.7 Å². The number of benzene rings is 1. The van der Waals surface area contributed by atoms with Gasteiger partial charge in [-0.3, -0.25) is 4.79 Å². The van der Waals surface area contributed by atoms with Crippen molar-refractivity contribution < 1.29 is 9.18 Å². The minimum absolute atomic E-state index is 0.0550. The van der Waals surface area contributed by atoms with Crippen LogP contribution in [0.5, 0.6) is 0 Å². The molecule has 0 aromatic heterocycles. The van der Waals surface area contributed by atoms with Crippen LogP contribution in [0.1, 0.15) is 77.2 Å². The largest absolute Gasteiger partial charge is 0.398 e. The van der Waals surface area contributed by atoms with Crippen LogP contribution >= 0.6 is 0 Å². The van der Waals surface area contributed by atoms with E-state index in [0.717, 1.165) is 0 Å². The summed E-state index contributed by atoms with van der Waals surface area (Å²) in [7, 11) is 0. The van der Waals surface area contributed by atoms with E-state index >= 15 is 0 Å². The molecule has 0 saturated carbocycles. The molecule has 0 heterocycles. The highest BCUT2D eigenvalue weighted by atomic mass is 19.1. The number of carbonyl (C=O) groups is 1. The first kappa shape index (κ1) is 23.7. The second kappa shape index (κ2) is 15.7. The zero-order valence-corrected chi connectivity index (χ0v) is 14.4. The van der Waals surface area contributed by atoms with Gasteiger partial charge in [0.15, 0.2) is 5.78 Å². The lowest BCUT2D eigenvalue weighted by molar-refractivity contribution is 0.0989. The normalized spacial score (nSPS) is 8.05. The highest BCUT2D eigenvalue weighted by Gasteiger charge is 2.10. The van der Waals surface area contributed by atoms with E-state index < -0.39 is 0 Å². The number of carbonyl (C=O) groups excluding carboxylic acids is 1. The average Bonchev–Trinajstić information content (AvgIpc) is 2.47. The molecule has 0 aliphatic heterocycles. The number of ketones is 1. The molecule has 0 bridgehead atoms. The first-order valence-corrected chi connectivity index (χ1v) is 7.56. The number of Topliss-reactive ketones (excluding diaryl/α,β-unsaturated/α-hetero) is 1. The summed E-state index contributed by atoms with van der Waals surface area (Å²) in [5.74, 6) is -0.425. The highest BCUT2D eigenvalue weighted by molar-refractivity contribution is 6.00. The Balaban J connectivity index is -0.000000355. The van der Waals surface area contributed by atoms with Crippen molar-refractivity contribution in [2.75, 3.05) is 5.73 Å². The van der Waals surface area contributed by atoms with Gasteiger partial charge in [-0.15, -0.1) is 0 Å². The smallest absolute Gasteiger partial charge is 0.164 e. The maximum atomic E-state index is 12.9. The third-order valence-electron chi connectivity index (χ3n) is 1.95. The number of nitrogen functional groups attached to an aromatic ring is 1. The Kier molecular flexibility index (Phi) is 18.6. The molecule has 1 rings (SSSR count). The summed E-state index contributed by atoms with van der Waals surface area (Å²) in [6.45, 7) is 15.6. The quantitative estimate of drug-likeness (QED) is 0.553. The van der Waals surface area contributed by atoms with Crippen LogP contribution in [0, 0.1) is 12.7 Å². The van der Waals surface area contributed by atoms with Crippen molar-refractivity contribution in [3.63, 3.8) is 0 Å². The van der Waals surface area contributed by atoms with Gasteiger partial charge in [-0.2, -0.15) is 0 Å². The fourth-order valence-electron chi connectivity index (χ4n) is 1.13. The second-order valence-electron chi connectivity index (χ2n) is 3.67. The van der Waals surface area contributed by atoms with E-state index in [9.17, 15) is 9.18 Å². The molecule has 0 aliphatic rings. The second-order valence-corrected chi connectivity index (χ2v) is 3.67. The molecule has 0 saturated heterocycles. The van der Waals surface area contributed by atoms with E-state index in [1.54, 1.807) is 13.8 Å². The summed E-state index contributed by atoms with van der Waals surface area (Å²) >= 11 is 0. The van der Waals surface area contributed by atoms with Crippen LogP contribution in [-0.2, 0) is 0 Å². The van der Waals surface area contributed by atoms with Crippen molar-refractivity contribution >= 4 is 11.5 Å². The van der Waals surface area contributed by atoms with Gasteiger partial charge in [0.25, 0.3) is 0 Å². The summed E-state index contributed by atoms with van der Waals surface area (Å²) in [6, 6.07) is 2.69. The van der Waals surface area contributed by atoms with Crippen LogP contribution in [0.15, 0.2) is 12.1 Å². The van der Waals surface area contributed by atoms with Gasteiger partial charge in [0.2, 0.25) is 0 Å². The molecule has 0 unspecified atom stereocenters. The van der Waals surface area contributed by atoms with E-state index in [2.05, 4.69) is 13.8 Å². The van der Waals surface area contributed by atoms with E-state index in [4.69, 9.17) is 5.73 Å². The Hall–Kier alpha value is -1.38. The third kappa shape index (κ3) is 9.54. The summed E-state index contributed by atoms with van der Waals surface area (Å²) in [6.07, 6.45) is 1.63. The van der Waals surface area contributed by atoms with Crippen molar-refractivity contribution in [1.82, 2.24) is 0 Å².